The number of ether oxygens (including phenoxy) is 1. The molecule has 0 bridgehead atoms. The first-order chi connectivity index (χ1) is 10.1. The van der Waals surface area contributed by atoms with Crippen molar-refractivity contribution in [3.63, 3.8) is 0 Å². The van der Waals surface area contributed by atoms with E-state index in [1.54, 1.807) is 6.07 Å². The van der Waals surface area contributed by atoms with Crippen LogP contribution in [0.2, 0.25) is 0 Å². The lowest BCUT2D eigenvalue weighted by Gasteiger charge is -2.11. The van der Waals surface area contributed by atoms with E-state index in [0.717, 1.165) is 27.7 Å². The fourth-order valence-corrected chi connectivity index (χ4v) is 2.49. The molecule has 1 aromatic carbocycles. The maximum atomic E-state index is 11.4. The van der Waals surface area contributed by atoms with E-state index in [2.05, 4.69) is 9.97 Å². The van der Waals surface area contributed by atoms with E-state index in [9.17, 15) is 4.79 Å². The molecule has 5 nitrogen and oxygen atoms in total. The van der Waals surface area contributed by atoms with Crippen LogP contribution >= 0.6 is 0 Å². The average molecular weight is 281 g/mol. The van der Waals surface area contributed by atoms with Crippen molar-refractivity contribution in [2.24, 2.45) is 5.73 Å². The molecule has 0 atom stereocenters. The van der Waals surface area contributed by atoms with Crippen molar-refractivity contribution >= 4 is 16.9 Å². The van der Waals surface area contributed by atoms with Gasteiger partial charge in [-0.25, -0.2) is 4.98 Å². The number of hydrogen-bond donors (Lipinski definition) is 2. The molecule has 3 rings (SSSR count). The molecule has 0 fully saturated rings. The normalized spacial score (nSPS) is 10.8. The van der Waals surface area contributed by atoms with Gasteiger partial charge in [0.1, 0.15) is 11.4 Å². The van der Waals surface area contributed by atoms with Gasteiger partial charge in [-0.2, -0.15) is 0 Å². The number of methoxy groups -OCH3 is 1. The highest BCUT2D eigenvalue weighted by atomic mass is 16.5. The predicted molar refractivity (Wildman–Crippen MR) is 81.3 cm³/mol. The fourth-order valence-electron chi connectivity index (χ4n) is 2.49. The second-order valence-corrected chi connectivity index (χ2v) is 4.82. The molecule has 5 heteroatoms. The molecule has 0 saturated carbocycles. The number of aromatic amines is 1. The molecule has 0 saturated heterocycles. The monoisotopic (exact) mass is 281 g/mol. The lowest BCUT2D eigenvalue weighted by atomic mass is 9.99. The molecule has 0 radical (unpaired) electrons. The van der Waals surface area contributed by atoms with Gasteiger partial charge in [-0.15, -0.1) is 0 Å². The van der Waals surface area contributed by atoms with Crippen molar-refractivity contribution in [1.29, 1.82) is 0 Å². The number of amides is 1. The third kappa shape index (κ3) is 2.12. The molecule has 1 amide bonds. The number of carbonyl (C=O) groups is 1. The second kappa shape index (κ2) is 4.94. The van der Waals surface area contributed by atoms with Gasteiger partial charge in [0.05, 0.1) is 12.7 Å². The summed E-state index contributed by atoms with van der Waals surface area (Å²) < 4.78 is 5.25. The number of aryl methyl sites for hydroxylation is 1. The second-order valence-electron chi connectivity index (χ2n) is 4.82. The quantitative estimate of drug-likeness (QED) is 0.774. The van der Waals surface area contributed by atoms with E-state index >= 15 is 0 Å². The van der Waals surface area contributed by atoms with Gasteiger partial charge in [-0.05, 0) is 36.2 Å². The summed E-state index contributed by atoms with van der Waals surface area (Å²) in [4.78, 5) is 18.9. The maximum absolute atomic E-state index is 11.4. The lowest BCUT2D eigenvalue weighted by Crippen LogP contribution is -2.12. The molecule has 3 aromatic rings. The molecular weight excluding hydrogens is 266 g/mol. The summed E-state index contributed by atoms with van der Waals surface area (Å²) in [5, 5.41) is 1.07. The van der Waals surface area contributed by atoms with Crippen LogP contribution in [0.4, 0.5) is 0 Å². The van der Waals surface area contributed by atoms with Crippen LogP contribution in [0.5, 0.6) is 5.75 Å². The summed E-state index contributed by atoms with van der Waals surface area (Å²) in [6, 6.07) is 7.33. The Kier molecular flexibility index (Phi) is 3.10. The van der Waals surface area contributed by atoms with Gasteiger partial charge in [0.2, 0.25) is 0 Å². The van der Waals surface area contributed by atoms with Gasteiger partial charge in [0.25, 0.3) is 5.91 Å². The van der Waals surface area contributed by atoms with Crippen LogP contribution in [0.1, 0.15) is 15.9 Å². The zero-order valence-corrected chi connectivity index (χ0v) is 11.8. The number of nitrogens with one attached hydrogen (secondary N) is 1. The van der Waals surface area contributed by atoms with Crippen LogP contribution in [0.3, 0.4) is 0 Å². The number of nitrogens with zero attached hydrogens (tertiary/aromatic N) is 1. The number of primary amides is 1. The van der Waals surface area contributed by atoms with E-state index in [4.69, 9.17) is 10.5 Å². The Morgan fingerprint density at radius 2 is 2.14 bits per heavy atom. The molecule has 0 aliphatic carbocycles. The fraction of sp³-hybridized carbons (Fsp3) is 0.125. The van der Waals surface area contributed by atoms with Crippen LogP contribution in [-0.2, 0) is 0 Å². The molecule has 0 unspecified atom stereocenters. The van der Waals surface area contributed by atoms with Crippen molar-refractivity contribution in [3.8, 4) is 16.9 Å². The van der Waals surface area contributed by atoms with E-state index < -0.39 is 5.91 Å². The first-order valence-electron chi connectivity index (χ1n) is 6.52. The van der Waals surface area contributed by atoms with Crippen molar-refractivity contribution in [2.75, 3.05) is 7.11 Å². The number of pyridine rings is 1. The molecule has 3 N–H and O–H groups in total. The number of hydrogen-bond acceptors (Lipinski definition) is 3. The van der Waals surface area contributed by atoms with E-state index in [1.807, 2.05) is 37.5 Å². The third-order valence-electron chi connectivity index (χ3n) is 3.63. The van der Waals surface area contributed by atoms with Crippen molar-refractivity contribution in [1.82, 2.24) is 9.97 Å². The minimum Gasteiger partial charge on any atom is -0.496 e. The molecule has 0 aliphatic heterocycles. The number of fused-ring (bicyclic) bond motifs is 1. The lowest BCUT2D eigenvalue weighted by molar-refractivity contribution is 0.0997. The zero-order chi connectivity index (χ0) is 15.0. The Hall–Kier alpha value is -2.82. The van der Waals surface area contributed by atoms with Crippen molar-refractivity contribution in [3.05, 3.63) is 47.8 Å². The van der Waals surface area contributed by atoms with E-state index in [0.29, 0.717) is 11.3 Å². The number of aromatic nitrogens is 2. The van der Waals surface area contributed by atoms with Gasteiger partial charge in [-0.1, -0.05) is 6.07 Å². The molecule has 21 heavy (non-hydrogen) atoms. The number of carbonyl (C=O) groups excluding carboxylic acids is 1. The van der Waals surface area contributed by atoms with Gasteiger partial charge in [0, 0.05) is 23.3 Å². The standard InChI is InChI=1S/C16H15N3O2/c1-9-11-5-6-18-16(11)19-8-13(9)10-3-4-12(15(17)20)14(7-10)21-2/h3-8H,1-2H3,(H2,17,20)(H,18,19). The van der Waals surface area contributed by atoms with Crippen LogP contribution in [-0.4, -0.2) is 23.0 Å². The third-order valence-corrected chi connectivity index (χ3v) is 3.63. The molecular formula is C16H15N3O2. The first-order valence-corrected chi connectivity index (χ1v) is 6.52. The molecule has 0 spiro atoms. The predicted octanol–water partition coefficient (Wildman–Crippen LogP) is 2.65. The maximum Gasteiger partial charge on any atom is 0.252 e. The Labute approximate surface area is 121 Å². The van der Waals surface area contributed by atoms with Crippen molar-refractivity contribution in [2.45, 2.75) is 6.92 Å². The van der Waals surface area contributed by atoms with E-state index in [1.165, 1.54) is 7.11 Å². The molecule has 2 aromatic heterocycles. The minimum atomic E-state index is -0.505. The summed E-state index contributed by atoms with van der Waals surface area (Å²) in [6.45, 7) is 2.04. The zero-order valence-electron chi connectivity index (χ0n) is 11.8. The highest BCUT2D eigenvalue weighted by molar-refractivity contribution is 5.96. The molecule has 106 valence electrons. The summed E-state index contributed by atoms with van der Waals surface area (Å²) in [6.07, 6.45) is 3.68. The summed E-state index contributed by atoms with van der Waals surface area (Å²) in [5.41, 5.74) is 9.61. The SMILES string of the molecule is COc1cc(-c2cnc3[nH]ccc3c2C)ccc1C(N)=O. The topological polar surface area (TPSA) is 81.0 Å². The van der Waals surface area contributed by atoms with Crippen LogP contribution < -0.4 is 10.5 Å². The van der Waals surface area contributed by atoms with Crippen LogP contribution in [0.25, 0.3) is 22.2 Å². The Morgan fingerprint density at radius 1 is 1.33 bits per heavy atom. The van der Waals surface area contributed by atoms with Gasteiger partial charge < -0.3 is 15.5 Å². The van der Waals surface area contributed by atoms with Gasteiger partial charge in [0.15, 0.2) is 0 Å². The van der Waals surface area contributed by atoms with Gasteiger partial charge in [-0.3, -0.25) is 4.79 Å². The van der Waals surface area contributed by atoms with Crippen molar-refractivity contribution < 1.29 is 9.53 Å². The van der Waals surface area contributed by atoms with Gasteiger partial charge >= 0.3 is 0 Å². The van der Waals surface area contributed by atoms with Crippen LogP contribution in [0, 0.1) is 6.92 Å². The average Bonchev–Trinajstić information content (AvgIpc) is 2.96. The Morgan fingerprint density at radius 3 is 2.86 bits per heavy atom. The largest absolute Gasteiger partial charge is 0.496 e. The number of nitrogens with two attached hydrogens (primary N) is 1. The highest BCUT2D eigenvalue weighted by Gasteiger charge is 2.13. The first kappa shape index (κ1) is 13.2. The Bertz CT molecular complexity index is 837. The summed E-state index contributed by atoms with van der Waals surface area (Å²) in [7, 11) is 1.52. The molecule has 0 aliphatic rings. The summed E-state index contributed by atoms with van der Waals surface area (Å²) >= 11 is 0. The summed E-state index contributed by atoms with van der Waals surface area (Å²) in [5.74, 6) is -0.0390. The number of rotatable bonds is 3. The van der Waals surface area contributed by atoms with Crippen LogP contribution in [0.15, 0.2) is 36.7 Å². The van der Waals surface area contributed by atoms with E-state index in [-0.39, 0.29) is 0 Å². The number of H-pyrrole nitrogens is 1. The number of benzene rings is 1. The smallest absolute Gasteiger partial charge is 0.252 e. The Balaban J connectivity index is 2.18. The molecule has 2 heterocycles. The highest BCUT2D eigenvalue weighted by Crippen LogP contribution is 2.31. The minimum absolute atomic E-state index is 0.370.